The van der Waals surface area contributed by atoms with Crippen LogP contribution in [0.2, 0.25) is 0 Å². The number of alkyl halides is 3. The predicted molar refractivity (Wildman–Crippen MR) is 95.4 cm³/mol. The number of benzene rings is 1. The zero-order valence-electron chi connectivity index (χ0n) is 15.0. The number of fused-ring (bicyclic) bond motifs is 1. The van der Waals surface area contributed by atoms with Gasteiger partial charge in [-0.15, -0.1) is 0 Å². The quantitative estimate of drug-likeness (QED) is 0.807. The minimum atomic E-state index is -4.76. The van der Waals surface area contributed by atoms with Gasteiger partial charge in [0.15, 0.2) is 0 Å². The Labute approximate surface area is 159 Å². The third kappa shape index (κ3) is 4.27. The molecule has 1 aromatic rings. The highest BCUT2D eigenvalue weighted by Crippen LogP contribution is 2.37. The van der Waals surface area contributed by atoms with Crippen LogP contribution in [0.15, 0.2) is 24.3 Å². The molecule has 1 aromatic carbocycles. The molecule has 2 heterocycles. The van der Waals surface area contributed by atoms with Crippen molar-refractivity contribution in [3.8, 4) is 0 Å². The lowest BCUT2D eigenvalue weighted by molar-refractivity contribution is -0.158. The lowest BCUT2D eigenvalue weighted by Gasteiger charge is -2.35. The first-order valence-corrected chi connectivity index (χ1v) is 8.96. The van der Waals surface area contributed by atoms with Crippen molar-refractivity contribution in [1.29, 1.82) is 0 Å². The Morgan fingerprint density at radius 2 is 1.82 bits per heavy atom. The normalized spacial score (nSPS) is 21.6. The summed E-state index contributed by atoms with van der Waals surface area (Å²) in [5, 5.41) is 2.43. The lowest BCUT2D eigenvalue weighted by Crippen LogP contribution is -2.53. The standard InChI is InChI=1S/C18H21F3N4O3/c19-18(20,21)14-9-15(26)23-12-3-1-2-4-13(12)25(14)16(27)10-24-7-5-11(6-8-24)17(22)28/h1-4,11,14H,5-10H2,(H2,22,28)(H,23,26)/t14-/m1/s1. The molecule has 10 heteroatoms. The number of hydrogen-bond acceptors (Lipinski definition) is 4. The van der Waals surface area contributed by atoms with Gasteiger partial charge in [-0.2, -0.15) is 13.2 Å². The zero-order valence-corrected chi connectivity index (χ0v) is 15.0. The van der Waals surface area contributed by atoms with E-state index >= 15 is 0 Å². The molecule has 1 atom stereocenters. The van der Waals surface area contributed by atoms with Crippen LogP contribution in [0.5, 0.6) is 0 Å². The van der Waals surface area contributed by atoms with Crippen molar-refractivity contribution in [2.45, 2.75) is 31.5 Å². The summed E-state index contributed by atoms with van der Waals surface area (Å²) in [5.74, 6) is -2.24. The van der Waals surface area contributed by atoms with Gasteiger partial charge in [-0.1, -0.05) is 12.1 Å². The second-order valence-corrected chi connectivity index (χ2v) is 7.04. The molecule has 0 saturated carbocycles. The largest absolute Gasteiger partial charge is 0.409 e. The number of rotatable bonds is 3. The van der Waals surface area contributed by atoms with Gasteiger partial charge < -0.3 is 11.1 Å². The molecule has 1 fully saturated rings. The molecule has 0 unspecified atom stereocenters. The third-order valence-electron chi connectivity index (χ3n) is 5.12. The number of nitrogens with zero attached hydrogens (tertiary/aromatic N) is 2. The van der Waals surface area contributed by atoms with Crippen molar-refractivity contribution in [3.63, 3.8) is 0 Å². The molecular weight excluding hydrogens is 377 g/mol. The summed E-state index contributed by atoms with van der Waals surface area (Å²) in [7, 11) is 0. The summed E-state index contributed by atoms with van der Waals surface area (Å²) >= 11 is 0. The van der Waals surface area contributed by atoms with Gasteiger partial charge in [0.1, 0.15) is 6.04 Å². The van der Waals surface area contributed by atoms with E-state index < -0.39 is 36.4 Å². The van der Waals surface area contributed by atoms with Gasteiger partial charge in [-0.05, 0) is 38.1 Å². The number of carbonyl (C=O) groups is 3. The van der Waals surface area contributed by atoms with Crippen LogP contribution in [-0.4, -0.2) is 54.5 Å². The van der Waals surface area contributed by atoms with Crippen molar-refractivity contribution in [3.05, 3.63) is 24.3 Å². The Kier molecular flexibility index (Phi) is 5.59. The third-order valence-corrected chi connectivity index (χ3v) is 5.12. The number of anilines is 2. The van der Waals surface area contributed by atoms with Crippen LogP contribution in [0.4, 0.5) is 24.5 Å². The number of para-hydroxylation sites is 2. The average Bonchev–Trinajstić information content (AvgIpc) is 2.77. The second-order valence-electron chi connectivity index (χ2n) is 7.04. The maximum Gasteiger partial charge on any atom is 0.409 e. The number of likely N-dealkylation sites (tertiary alicyclic amines) is 1. The SMILES string of the molecule is NC(=O)C1CCN(CC(=O)N2c3ccccc3NC(=O)C[C@@H]2C(F)(F)F)CC1. The molecule has 0 spiro atoms. The highest BCUT2D eigenvalue weighted by atomic mass is 19.4. The van der Waals surface area contributed by atoms with Crippen LogP contribution < -0.4 is 16.0 Å². The highest BCUT2D eigenvalue weighted by molar-refractivity contribution is 6.05. The van der Waals surface area contributed by atoms with Crippen molar-refractivity contribution >= 4 is 29.1 Å². The van der Waals surface area contributed by atoms with E-state index in [9.17, 15) is 27.6 Å². The molecule has 2 aliphatic heterocycles. The first-order chi connectivity index (χ1) is 13.2. The average molecular weight is 398 g/mol. The maximum absolute atomic E-state index is 13.7. The van der Waals surface area contributed by atoms with Crippen LogP contribution in [0.1, 0.15) is 19.3 Å². The molecule has 152 valence electrons. The van der Waals surface area contributed by atoms with E-state index in [-0.39, 0.29) is 23.8 Å². The number of nitrogens with two attached hydrogens (primary N) is 1. The van der Waals surface area contributed by atoms with Gasteiger partial charge in [0.2, 0.25) is 17.7 Å². The summed E-state index contributed by atoms with van der Waals surface area (Å²) in [6.45, 7) is 0.548. The number of amides is 3. The molecule has 0 aromatic heterocycles. The second kappa shape index (κ2) is 7.78. The number of carbonyl (C=O) groups excluding carboxylic acids is 3. The molecule has 1 saturated heterocycles. The molecule has 0 aliphatic carbocycles. The smallest absolute Gasteiger partial charge is 0.369 e. The van der Waals surface area contributed by atoms with E-state index in [2.05, 4.69) is 5.32 Å². The van der Waals surface area contributed by atoms with Crippen LogP contribution in [0.3, 0.4) is 0 Å². The summed E-state index contributed by atoms with van der Waals surface area (Å²) < 4.78 is 41.0. The first-order valence-electron chi connectivity index (χ1n) is 8.96. The fourth-order valence-corrected chi connectivity index (χ4v) is 3.64. The fraction of sp³-hybridized carbons (Fsp3) is 0.500. The predicted octanol–water partition coefficient (Wildman–Crippen LogP) is 1.49. The van der Waals surface area contributed by atoms with Gasteiger partial charge in [0, 0.05) is 5.92 Å². The summed E-state index contributed by atoms with van der Waals surface area (Å²) in [4.78, 5) is 38.5. The minimum absolute atomic E-state index is 0.0210. The Hall–Kier alpha value is -2.62. The van der Waals surface area contributed by atoms with Crippen molar-refractivity contribution < 1.29 is 27.6 Å². The Morgan fingerprint density at radius 3 is 2.43 bits per heavy atom. The van der Waals surface area contributed by atoms with E-state index in [0.717, 1.165) is 0 Å². The molecule has 3 rings (SSSR count). The van der Waals surface area contributed by atoms with Crippen LogP contribution in [0, 0.1) is 5.92 Å². The number of hydrogen-bond donors (Lipinski definition) is 2. The van der Waals surface area contributed by atoms with Crippen LogP contribution in [-0.2, 0) is 14.4 Å². The number of primary amides is 1. The van der Waals surface area contributed by atoms with Crippen molar-refractivity contribution in [2.24, 2.45) is 11.7 Å². The topological polar surface area (TPSA) is 95.7 Å². The van der Waals surface area contributed by atoms with Crippen LogP contribution >= 0.6 is 0 Å². The van der Waals surface area contributed by atoms with Crippen LogP contribution in [0.25, 0.3) is 0 Å². The van der Waals surface area contributed by atoms with E-state index in [1.165, 1.54) is 18.2 Å². The zero-order chi connectivity index (χ0) is 20.5. The van der Waals surface area contributed by atoms with Crippen molar-refractivity contribution in [2.75, 3.05) is 29.9 Å². The Morgan fingerprint density at radius 1 is 1.18 bits per heavy atom. The molecule has 28 heavy (non-hydrogen) atoms. The number of nitrogens with one attached hydrogen (secondary N) is 1. The minimum Gasteiger partial charge on any atom is -0.369 e. The summed E-state index contributed by atoms with van der Waals surface area (Å²) in [5.41, 5.74) is 5.47. The molecule has 2 aliphatic rings. The van der Waals surface area contributed by atoms with Gasteiger partial charge in [0.25, 0.3) is 0 Å². The highest BCUT2D eigenvalue weighted by Gasteiger charge is 2.49. The molecular formula is C18H21F3N4O3. The van der Waals surface area contributed by atoms with E-state index in [1.807, 2.05) is 0 Å². The molecule has 0 radical (unpaired) electrons. The molecule has 3 amide bonds. The Balaban J connectivity index is 1.84. The summed E-state index contributed by atoms with van der Waals surface area (Å²) in [6, 6.07) is 3.69. The van der Waals surface area contributed by atoms with Crippen molar-refractivity contribution in [1.82, 2.24) is 4.90 Å². The maximum atomic E-state index is 13.7. The van der Waals surface area contributed by atoms with Gasteiger partial charge in [-0.3, -0.25) is 24.2 Å². The molecule has 0 bridgehead atoms. The number of halogens is 3. The Bertz CT molecular complexity index is 776. The van der Waals surface area contributed by atoms with Gasteiger partial charge in [-0.25, -0.2) is 0 Å². The van der Waals surface area contributed by atoms with E-state index in [0.29, 0.717) is 30.8 Å². The lowest BCUT2D eigenvalue weighted by atomic mass is 9.96. The number of piperidine rings is 1. The first kappa shape index (κ1) is 20.1. The monoisotopic (exact) mass is 398 g/mol. The van der Waals surface area contributed by atoms with E-state index in [1.54, 1.807) is 11.0 Å². The van der Waals surface area contributed by atoms with E-state index in [4.69, 9.17) is 5.73 Å². The van der Waals surface area contributed by atoms with Gasteiger partial charge >= 0.3 is 6.18 Å². The fourth-order valence-electron chi connectivity index (χ4n) is 3.64. The molecule has 3 N–H and O–H groups in total. The summed E-state index contributed by atoms with van der Waals surface area (Å²) in [6.07, 6.45) is -4.71. The van der Waals surface area contributed by atoms with Gasteiger partial charge in [0.05, 0.1) is 24.3 Å². The molecule has 7 nitrogen and oxygen atoms in total.